The largest absolute Gasteiger partial charge is 0.493 e. The van der Waals surface area contributed by atoms with Gasteiger partial charge in [-0.1, -0.05) is 60.7 Å². The number of fused-ring (bicyclic) bond motifs is 1. The lowest BCUT2D eigenvalue weighted by atomic mass is 10.1. The summed E-state index contributed by atoms with van der Waals surface area (Å²) in [6, 6.07) is 23.5. The summed E-state index contributed by atoms with van der Waals surface area (Å²) in [7, 11) is 1.62. The van der Waals surface area contributed by atoms with E-state index < -0.39 is 0 Å². The van der Waals surface area contributed by atoms with E-state index in [1.165, 1.54) is 0 Å². The van der Waals surface area contributed by atoms with Crippen LogP contribution in [0.4, 0.5) is 0 Å². The van der Waals surface area contributed by atoms with Crippen molar-refractivity contribution in [1.29, 1.82) is 0 Å². The van der Waals surface area contributed by atoms with Gasteiger partial charge in [0.25, 0.3) is 0 Å². The van der Waals surface area contributed by atoms with Gasteiger partial charge in [-0.25, -0.2) is 0 Å². The van der Waals surface area contributed by atoms with E-state index in [9.17, 15) is 4.79 Å². The number of hydrogen-bond acceptors (Lipinski definition) is 3. The molecule has 0 saturated carbocycles. The number of hydrogen-bond donors (Lipinski definition) is 0. The Hall–Kier alpha value is -3.33. The van der Waals surface area contributed by atoms with Gasteiger partial charge < -0.3 is 9.47 Å². The van der Waals surface area contributed by atoms with Crippen molar-refractivity contribution < 1.29 is 14.3 Å². The van der Waals surface area contributed by atoms with Gasteiger partial charge in [0.1, 0.15) is 6.61 Å². The summed E-state index contributed by atoms with van der Waals surface area (Å²) >= 11 is 0. The second-order valence-electron chi connectivity index (χ2n) is 6.52. The number of Topliss-reactive ketones (excluding diaryl/α,β-unsaturated/α-hetero) is 1. The minimum absolute atomic E-state index is 0.105. The van der Waals surface area contributed by atoms with Gasteiger partial charge >= 0.3 is 0 Å². The van der Waals surface area contributed by atoms with Crippen LogP contribution in [0.3, 0.4) is 0 Å². The van der Waals surface area contributed by atoms with Crippen LogP contribution in [0.1, 0.15) is 27.0 Å². The molecule has 0 amide bonds. The van der Waals surface area contributed by atoms with Crippen molar-refractivity contribution in [2.24, 2.45) is 0 Å². The molecule has 3 aromatic carbocycles. The Kier molecular flexibility index (Phi) is 4.75. The normalized spacial score (nSPS) is 14.3. The molecule has 0 fully saturated rings. The predicted octanol–water partition coefficient (Wildman–Crippen LogP) is 5.10. The number of ketones is 1. The molecular weight excluding hydrogens is 336 g/mol. The molecular formula is C24H20O3. The SMILES string of the molecule is COc1ccc(C=C2Cc3ccccc3C2=O)cc1OCc1ccccc1. The lowest BCUT2D eigenvalue weighted by molar-refractivity contribution is 0.104. The molecule has 4 rings (SSSR count). The lowest BCUT2D eigenvalue weighted by Gasteiger charge is -2.12. The summed E-state index contributed by atoms with van der Waals surface area (Å²) < 4.78 is 11.4. The highest BCUT2D eigenvalue weighted by atomic mass is 16.5. The van der Waals surface area contributed by atoms with Crippen LogP contribution in [-0.2, 0) is 13.0 Å². The highest BCUT2D eigenvalue weighted by Crippen LogP contribution is 2.32. The number of benzene rings is 3. The van der Waals surface area contributed by atoms with Crippen molar-refractivity contribution in [3.05, 3.63) is 101 Å². The van der Waals surface area contributed by atoms with Crippen LogP contribution >= 0.6 is 0 Å². The summed E-state index contributed by atoms with van der Waals surface area (Å²) in [5.74, 6) is 1.45. The standard InChI is InChI=1S/C24H20O3/c1-26-22-12-11-18(14-23(22)27-16-17-7-3-2-4-8-17)13-20-15-19-9-5-6-10-21(19)24(20)25/h2-14H,15-16H2,1H3. The van der Waals surface area contributed by atoms with E-state index in [0.29, 0.717) is 24.5 Å². The van der Waals surface area contributed by atoms with Crippen LogP contribution in [0.5, 0.6) is 11.5 Å². The zero-order chi connectivity index (χ0) is 18.6. The van der Waals surface area contributed by atoms with E-state index in [1.807, 2.05) is 78.9 Å². The number of carbonyl (C=O) groups is 1. The van der Waals surface area contributed by atoms with Gasteiger partial charge in [-0.15, -0.1) is 0 Å². The maximum atomic E-state index is 12.6. The molecule has 0 saturated heterocycles. The molecule has 0 aromatic heterocycles. The Morgan fingerprint density at radius 2 is 1.70 bits per heavy atom. The Morgan fingerprint density at radius 3 is 2.48 bits per heavy atom. The van der Waals surface area contributed by atoms with Crippen molar-refractivity contribution in [2.45, 2.75) is 13.0 Å². The summed E-state index contributed by atoms with van der Waals surface area (Å²) in [4.78, 5) is 12.6. The van der Waals surface area contributed by atoms with Crippen LogP contribution in [0.25, 0.3) is 6.08 Å². The molecule has 0 bridgehead atoms. The Labute approximate surface area is 158 Å². The quantitative estimate of drug-likeness (QED) is 0.597. The highest BCUT2D eigenvalue weighted by Gasteiger charge is 2.24. The van der Waals surface area contributed by atoms with Gasteiger partial charge in [-0.3, -0.25) is 4.79 Å². The van der Waals surface area contributed by atoms with Crippen molar-refractivity contribution in [3.63, 3.8) is 0 Å². The van der Waals surface area contributed by atoms with Crippen LogP contribution in [0, 0.1) is 0 Å². The summed E-state index contributed by atoms with van der Waals surface area (Å²) in [5, 5.41) is 0. The first-order chi connectivity index (χ1) is 13.2. The molecule has 27 heavy (non-hydrogen) atoms. The molecule has 134 valence electrons. The van der Waals surface area contributed by atoms with Crippen LogP contribution < -0.4 is 9.47 Å². The third kappa shape index (κ3) is 3.63. The maximum absolute atomic E-state index is 12.6. The second kappa shape index (κ2) is 7.50. The molecule has 0 atom stereocenters. The Morgan fingerprint density at radius 1 is 0.926 bits per heavy atom. The third-order valence-corrected chi connectivity index (χ3v) is 4.70. The van der Waals surface area contributed by atoms with Crippen molar-refractivity contribution in [2.75, 3.05) is 7.11 Å². The third-order valence-electron chi connectivity index (χ3n) is 4.70. The number of ether oxygens (including phenoxy) is 2. The number of methoxy groups -OCH3 is 1. The van der Waals surface area contributed by atoms with Gasteiger partial charge in [0.15, 0.2) is 17.3 Å². The monoisotopic (exact) mass is 356 g/mol. The average molecular weight is 356 g/mol. The van der Waals surface area contributed by atoms with E-state index in [0.717, 1.165) is 27.8 Å². The summed E-state index contributed by atoms with van der Waals surface area (Å²) in [5.41, 5.74) is 4.70. The van der Waals surface area contributed by atoms with Gasteiger partial charge in [0.2, 0.25) is 0 Å². The number of allylic oxidation sites excluding steroid dienone is 1. The fraction of sp³-hybridized carbons (Fsp3) is 0.125. The molecule has 0 N–H and O–H groups in total. The molecule has 3 heteroatoms. The molecule has 0 unspecified atom stereocenters. The fourth-order valence-corrected chi connectivity index (χ4v) is 3.30. The molecule has 1 aliphatic carbocycles. The van der Waals surface area contributed by atoms with Gasteiger partial charge in [-0.2, -0.15) is 0 Å². The zero-order valence-corrected chi connectivity index (χ0v) is 15.1. The molecule has 1 aliphatic rings. The van der Waals surface area contributed by atoms with Crippen molar-refractivity contribution in [3.8, 4) is 11.5 Å². The smallest absolute Gasteiger partial charge is 0.189 e. The Balaban J connectivity index is 1.58. The van der Waals surface area contributed by atoms with E-state index in [1.54, 1.807) is 7.11 Å². The van der Waals surface area contributed by atoms with Gasteiger partial charge in [-0.05, 0) is 34.9 Å². The van der Waals surface area contributed by atoms with Gasteiger partial charge in [0, 0.05) is 17.6 Å². The zero-order valence-electron chi connectivity index (χ0n) is 15.1. The molecule has 0 aliphatic heterocycles. The average Bonchev–Trinajstić information content (AvgIpc) is 3.03. The van der Waals surface area contributed by atoms with Crippen molar-refractivity contribution in [1.82, 2.24) is 0 Å². The minimum atomic E-state index is 0.105. The lowest BCUT2D eigenvalue weighted by Crippen LogP contribution is -1.98. The van der Waals surface area contributed by atoms with Gasteiger partial charge in [0.05, 0.1) is 7.11 Å². The van der Waals surface area contributed by atoms with E-state index in [2.05, 4.69) is 0 Å². The molecule has 3 nitrogen and oxygen atoms in total. The number of rotatable bonds is 5. The summed E-state index contributed by atoms with van der Waals surface area (Å²) in [6.07, 6.45) is 2.61. The van der Waals surface area contributed by atoms with E-state index >= 15 is 0 Å². The van der Waals surface area contributed by atoms with Crippen LogP contribution in [-0.4, -0.2) is 12.9 Å². The first-order valence-electron chi connectivity index (χ1n) is 8.92. The minimum Gasteiger partial charge on any atom is -0.493 e. The molecule has 0 heterocycles. The molecule has 3 aromatic rings. The maximum Gasteiger partial charge on any atom is 0.189 e. The fourth-order valence-electron chi connectivity index (χ4n) is 3.30. The molecule has 0 radical (unpaired) electrons. The first-order valence-corrected chi connectivity index (χ1v) is 8.92. The van der Waals surface area contributed by atoms with E-state index in [-0.39, 0.29) is 5.78 Å². The highest BCUT2D eigenvalue weighted by molar-refractivity contribution is 6.15. The second-order valence-corrected chi connectivity index (χ2v) is 6.52. The topological polar surface area (TPSA) is 35.5 Å². The number of carbonyl (C=O) groups excluding carboxylic acids is 1. The summed E-state index contributed by atoms with van der Waals surface area (Å²) in [6.45, 7) is 0.460. The van der Waals surface area contributed by atoms with Crippen LogP contribution in [0.2, 0.25) is 0 Å². The first kappa shape index (κ1) is 17.1. The Bertz CT molecular complexity index is 1000. The van der Waals surface area contributed by atoms with Crippen LogP contribution in [0.15, 0.2) is 78.4 Å². The van der Waals surface area contributed by atoms with Crippen molar-refractivity contribution >= 4 is 11.9 Å². The molecule has 0 spiro atoms. The predicted molar refractivity (Wildman–Crippen MR) is 106 cm³/mol. The van der Waals surface area contributed by atoms with E-state index in [4.69, 9.17) is 9.47 Å².